The van der Waals surface area contributed by atoms with Crippen LogP contribution in [0.2, 0.25) is 0 Å². The maximum absolute atomic E-state index is 12.4. The van der Waals surface area contributed by atoms with Gasteiger partial charge in [-0.05, 0) is 50.3 Å². The van der Waals surface area contributed by atoms with Crippen LogP contribution in [-0.2, 0) is 16.0 Å². The normalized spacial score (nSPS) is 16.9. The van der Waals surface area contributed by atoms with E-state index >= 15 is 0 Å². The number of para-hydroxylation sites is 1. The molecular weight excluding hydrogens is 394 g/mol. The predicted octanol–water partition coefficient (Wildman–Crippen LogP) is 3.62. The van der Waals surface area contributed by atoms with Crippen LogP contribution in [0.5, 0.6) is 5.75 Å². The quantitative estimate of drug-likeness (QED) is 0.557. The Morgan fingerprint density at radius 2 is 1.90 bits per heavy atom. The molecule has 6 nitrogen and oxygen atoms in total. The van der Waals surface area contributed by atoms with E-state index in [0.29, 0.717) is 50.3 Å². The largest absolute Gasteiger partial charge is 0.491 e. The number of amides is 1. The van der Waals surface area contributed by atoms with Crippen LogP contribution in [0.3, 0.4) is 0 Å². The summed E-state index contributed by atoms with van der Waals surface area (Å²) >= 11 is 0. The van der Waals surface area contributed by atoms with E-state index in [1.807, 2.05) is 35.2 Å². The van der Waals surface area contributed by atoms with Crippen LogP contribution >= 0.6 is 0 Å². The van der Waals surface area contributed by atoms with E-state index in [1.54, 1.807) is 31.2 Å². The summed E-state index contributed by atoms with van der Waals surface area (Å²) in [6.07, 6.45) is 2.94. The summed E-state index contributed by atoms with van der Waals surface area (Å²) in [5, 5.41) is 10.4. The number of nitrogens with zero attached hydrogens (tertiary/aromatic N) is 1. The van der Waals surface area contributed by atoms with Gasteiger partial charge in [-0.25, -0.2) is 4.79 Å². The van der Waals surface area contributed by atoms with Crippen molar-refractivity contribution >= 4 is 11.9 Å². The first kappa shape index (κ1) is 22.8. The third-order valence-electron chi connectivity index (χ3n) is 5.57. The van der Waals surface area contributed by atoms with E-state index in [1.165, 1.54) is 0 Å². The highest BCUT2D eigenvalue weighted by Crippen LogP contribution is 2.24. The highest BCUT2D eigenvalue weighted by Gasteiger charge is 2.30. The van der Waals surface area contributed by atoms with Gasteiger partial charge in [0.1, 0.15) is 17.9 Å². The fourth-order valence-corrected chi connectivity index (χ4v) is 4.00. The zero-order valence-electron chi connectivity index (χ0n) is 18.0. The maximum atomic E-state index is 12.4. The molecular formula is C25H31NO5. The van der Waals surface area contributed by atoms with Crippen molar-refractivity contribution in [2.45, 2.75) is 51.2 Å². The van der Waals surface area contributed by atoms with Crippen molar-refractivity contribution in [1.29, 1.82) is 0 Å². The number of hydrogen-bond donors (Lipinski definition) is 1. The van der Waals surface area contributed by atoms with E-state index in [9.17, 15) is 14.7 Å². The van der Waals surface area contributed by atoms with Gasteiger partial charge in [0.25, 0.3) is 0 Å². The lowest BCUT2D eigenvalue weighted by Gasteiger charge is -2.26. The second kappa shape index (κ2) is 11.5. The first-order chi connectivity index (χ1) is 15.1. The van der Waals surface area contributed by atoms with Gasteiger partial charge in [0, 0.05) is 12.5 Å². The number of aliphatic hydroxyl groups is 1. The van der Waals surface area contributed by atoms with Crippen LogP contribution in [0.4, 0.5) is 0 Å². The van der Waals surface area contributed by atoms with Gasteiger partial charge in [-0.2, -0.15) is 0 Å². The van der Waals surface area contributed by atoms with Crippen molar-refractivity contribution in [1.82, 2.24) is 4.90 Å². The van der Waals surface area contributed by atoms with Gasteiger partial charge < -0.3 is 19.5 Å². The molecule has 31 heavy (non-hydrogen) atoms. The maximum Gasteiger partial charge on any atom is 0.341 e. The molecule has 0 spiro atoms. The lowest BCUT2D eigenvalue weighted by molar-refractivity contribution is -0.129. The second-order valence-corrected chi connectivity index (χ2v) is 7.77. The SMILES string of the molecule is CCOC(=O)c1ccccc1OCCN1C(=O)CCC1CCC(O)Cc1ccccc1. The number of ether oxygens (including phenoxy) is 2. The van der Waals surface area contributed by atoms with E-state index in [2.05, 4.69) is 0 Å². The molecule has 6 heteroatoms. The summed E-state index contributed by atoms with van der Waals surface area (Å²) in [6, 6.07) is 17.0. The summed E-state index contributed by atoms with van der Waals surface area (Å²) in [7, 11) is 0. The van der Waals surface area contributed by atoms with Gasteiger partial charge >= 0.3 is 5.97 Å². The van der Waals surface area contributed by atoms with Gasteiger partial charge in [0.05, 0.1) is 19.3 Å². The van der Waals surface area contributed by atoms with Crippen molar-refractivity contribution < 1.29 is 24.2 Å². The third-order valence-corrected chi connectivity index (χ3v) is 5.57. The first-order valence-corrected chi connectivity index (χ1v) is 11.0. The molecule has 1 amide bonds. The zero-order chi connectivity index (χ0) is 22.1. The lowest BCUT2D eigenvalue weighted by atomic mass is 10.0. The number of benzene rings is 2. The number of hydrogen-bond acceptors (Lipinski definition) is 5. The molecule has 1 N–H and O–H groups in total. The van der Waals surface area contributed by atoms with Gasteiger partial charge in [-0.1, -0.05) is 42.5 Å². The minimum Gasteiger partial charge on any atom is -0.491 e. The fourth-order valence-electron chi connectivity index (χ4n) is 4.00. The molecule has 2 aromatic carbocycles. The Bertz CT molecular complexity index is 854. The topological polar surface area (TPSA) is 76.1 Å². The van der Waals surface area contributed by atoms with Crippen molar-refractivity contribution in [3.63, 3.8) is 0 Å². The molecule has 2 unspecified atom stereocenters. The average molecular weight is 426 g/mol. The van der Waals surface area contributed by atoms with Gasteiger partial charge in [0.2, 0.25) is 5.91 Å². The van der Waals surface area contributed by atoms with Crippen LogP contribution in [0, 0.1) is 0 Å². The number of aliphatic hydroxyl groups excluding tert-OH is 1. The third kappa shape index (κ3) is 6.56. The number of carbonyl (C=O) groups excluding carboxylic acids is 2. The Kier molecular flexibility index (Phi) is 8.47. The number of likely N-dealkylation sites (tertiary alicyclic amines) is 1. The molecule has 3 rings (SSSR count). The Morgan fingerprint density at radius 1 is 1.16 bits per heavy atom. The van der Waals surface area contributed by atoms with Gasteiger partial charge in [-0.3, -0.25) is 4.79 Å². The molecule has 2 aromatic rings. The van der Waals surface area contributed by atoms with E-state index in [-0.39, 0.29) is 11.9 Å². The molecule has 0 radical (unpaired) electrons. The summed E-state index contributed by atoms with van der Waals surface area (Å²) in [5.74, 6) is 0.160. The Labute approximate surface area is 183 Å². The average Bonchev–Trinajstić information content (AvgIpc) is 3.13. The minimum absolute atomic E-state index is 0.113. The molecule has 1 heterocycles. The minimum atomic E-state index is -0.423. The van der Waals surface area contributed by atoms with Crippen LogP contribution in [0.1, 0.15) is 48.5 Å². The molecule has 2 atom stereocenters. The summed E-state index contributed by atoms with van der Waals surface area (Å²) in [6.45, 7) is 2.81. The fraction of sp³-hybridized carbons (Fsp3) is 0.440. The highest BCUT2D eigenvalue weighted by molar-refractivity contribution is 5.92. The Balaban J connectivity index is 1.49. The molecule has 0 bridgehead atoms. The van der Waals surface area contributed by atoms with Crippen molar-refractivity contribution in [2.75, 3.05) is 19.8 Å². The summed E-state index contributed by atoms with van der Waals surface area (Å²) in [4.78, 5) is 26.3. The first-order valence-electron chi connectivity index (χ1n) is 11.0. The molecule has 0 saturated carbocycles. The molecule has 1 fully saturated rings. The highest BCUT2D eigenvalue weighted by atomic mass is 16.5. The monoisotopic (exact) mass is 425 g/mol. The number of rotatable bonds is 11. The zero-order valence-corrected chi connectivity index (χ0v) is 18.0. The summed E-state index contributed by atoms with van der Waals surface area (Å²) in [5.41, 5.74) is 1.50. The van der Waals surface area contributed by atoms with Gasteiger partial charge in [-0.15, -0.1) is 0 Å². The molecule has 166 valence electrons. The van der Waals surface area contributed by atoms with Gasteiger partial charge in [0.15, 0.2) is 0 Å². The molecule has 0 aromatic heterocycles. The van der Waals surface area contributed by atoms with Crippen LogP contribution in [0.15, 0.2) is 54.6 Å². The lowest BCUT2D eigenvalue weighted by Crippen LogP contribution is -2.37. The Hall–Kier alpha value is -2.86. The second-order valence-electron chi connectivity index (χ2n) is 7.77. The van der Waals surface area contributed by atoms with Crippen molar-refractivity contribution in [3.8, 4) is 5.75 Å². The summed E-state index contributed by atoms with van der Waals surface area (Å²) < 4.78 is 10.9. The van der Waals surface area contributed by atoms with Crippen LogP contribution in [-0.4, -0.2) is 53.8 Å². The standard InChI is InChI=1S/C25H31NO5/c1-2-30-25(29)22-10-6-7-11-23(22)31-17-16-26-20(13-15-24(26)28)12-14-21(27)18-19-8-4-3-5-9-19/h3-11,20-21,27H,2,12-18H2,1H3. The van der Waals surface area contributed by atoms with Crippen LogP contribution in [0.25, 0.3) is 0 Å². The van der Waals surface area contributed by atoms with E-state index < -0.39 is 12.1 Å². The molecule has 1 aliphatic rings. The van der Waals surface area contributed by atoms with Crippen LogP contribution < -0.4 is 4.74 Å². The van der Waals surface area contributed by atoms with Crippen molar-refractivity contribution in [2.24, 2.45) is 0 Å². The Morgan fingerprint density at radius 3 is 2.68 bits per heavy atom. The van der Waals surface area contributed by atoms with Crippen molar-refractivity contribution in [3.05, 3.63) is 65.7 Å². The molecule has 1 saturated heterocycles. The molecule has 0 aliphatic carbocycles. The molecule has 1 aliphatic heterocycles. The smallest absolute Gasteiger partial charge is 0.341 e. The number of esters is 1. The van der Waals surface area contributed by atoms with E-state index in [4.69, 9.17) is 9.47 Å². The number of carbonyl (C=O) groups is 2. The predicted molar refractivity (Wildman–Crippen MR) is 118 cm³/mol. The van der Waals surface area contributed by atoms with E-state index in [0.717, 1.165) is 18.4 Å².